The Kier molecular flexibility index (Phi) is 5.30. The topological polar surface area (TPSA) is 45.8 Å². The Morgan fingerprint density at radius 3 is 2.36 bits per heavy atom. The highest BCUT2D eigenvalue weighted by atomic mass is 35.5. The van der Waals surface area contributed by atoms with E-state index in [0.29, 0.717) is 16.1 Å². The molecule has 0 aliphatic carbocycles. The second-order valence-corrected chi connectivity index (χ2v) is 6.75. The van der Waals surface area contributed by atoms with Gasteiger partial charge < -0.3 is 4.57 Å². The molecule has 3 rings (SSSR count). The van der Waals surface area contributed by atoms with Crippen molar-refractivity contribution in [2.24, 2.45) is 0 Å². The second kappa shape index (κ2) is 7.53. The lowest BCUT2D eigenvalue weighted by molar-refractivity contribution is -0.137. The predicted octanol–water partition coefficient (Wildman–Crippen LogP) is 5.42. The Morgan fingerprint density at radius 2 is 1.79 bits per heavy atom. The summed E-state index contributed by atoms with van der Waals surface area (Å²) in [5.41, 5.74) is -1.08. The summed E-state index contributed by atoms with van der Waals surface area (Å²) in [6, 6.07) is 15.7. The summed E-state index contributed by atoms with van der Waals surface area (Å²) in [4.78, 5) is 12.8. The maximum absolute atomic E-state index is 13.5. The van der Waals surface area contributed by atoms with Gasteiger partial charge in [0, 0.05) is 5.02 Å². The van der Waals surface area contributed by atoms with Crippen LogP contribution in [0.4, 0.5) is 13.2 Å². The van der Waals surface area contributed by atoms with E-state index in [1.165, 1.54) is 10.6 Å². The van der Waals surface area contributed by atoms with E-state index in [0.717, 1.165) is 11.6 Å². The summed E-state index contributed by atoms with van der Waals surface area (Å²) in [6.45, 7) is 1.81. The molecule has 0 aliphatic rings. The first-order valence-electron chi connectivity index (χ1n) is 8.27. The third-order valence-corrected chi connectivity index (χ3v) is 4.54. The fourth-order valence-electron chi connectivity index (χ4n) is 2.95. The van der Waals surface area contributed by atoms with E-state index in [-0.39, 0.29) is 12.2 Å². The van der Waals surface area contributed by atoms with Crippen molar-refractivity contribution in [3.63, 3.8) is 0 Å². The molecule has 3 nitrogen and oxygen atoms in total. The number of benzene rings is 2. The maximum atomic E-state index is 13.5. The molecule has 0 spiro atoms. The number of aryl methyl sites for hydroxylation is 1. The van der Waals surface area contributed by atoms with Crippen molar-refractivity contribution in [3.8, 4) is 17.3 Å². The van der Waals surface area contributed by atoms with E-state index < -0.39 is 22.9 Å². The van der Waals surface area contributed by atoms with Gasteiger partial charge in [-0.2, -0.15) is 18.4 Å². The summed E-state index contributed by atoms with van der Waals surface area (Å²) < 4.78 is 41.6. The zero-order valence-electron chi connectivity index (χ0n) is 14.7. The van der Waals surface area contributed by atoms with Gasteiger partial charge in [-0.25, -0.2) is 0 Å². The molecule has 0 amide bonds. The van der Waals surface area contributed by atoms with Crippen LogP contribution in [0.25, 0.3) is 11.3 Å². The molecule has 0 bridgehead atoms. The number of pyridine rings is 1. The number of alkyl halides is 3. The lowest BCUT2D eigenvalue weighted by atomic mass is 10.0. The monoisotopic (exact) mass is 402 g/mol. The number of hydrogen-bond acceptors (Lipinski definition) is 2. The number of hydrogen-bond donors (Lipinski definition) is 0. The van der Waals surface area contributed by atoms with Gasteiger partial charge in [-0.1, -0.05) is 47.5 Å². The summed E-state index contributed by atoms with van der Waals surface area (Å²) in [5.74, 6) is 0. The number of nitriles is 1. The minimum atomic E-state index is -4.82. The van der Waals surface area contributed by atoms with Gasteiger partial charge in [-0.3, -0.25) is 4.79 Å². The van der Waals surface area contributed by atoms with Gasteiger partial charge in [0.05, 0.1) is 17.8 Å². The van der Waals surface area contributed by atoms with Crippen molar-refractivity contribution in [3.05, 3.63) is 92.2 Å². The predicted molar refractivity (Wildman–Crippen MR) is 101 cm³/mol. The van der Waals surface area contributed by atoms with Crippen molar-refractivity contribution in [1.29, 1.82) is 5.26 Å². The first kappa shape index (κ1) is 19.7. The number of nitrogens with zero attached hydrogens (tertiary/aromatic N) is 2. The van der Waals surface area contributed by atoms with E-state index in [1.807, 2.05) is 0 Å². The first-order chi connectivity index (χ1) is 13.2. The molecular weight excluding hydrogens is 389 g/mol. The van der Waals surface area contributed by atoms with Crippen LogP contribution in [0, 0.1) is 18.3 Å². The van der Waals surface area contributed by atoms with E-state index in [2.05, 4.69) is 0 Å². The third-order valence-electron chi connectivity index (χ3n) is 4.29. The number of aromatic nitrogens is 1. The van der Waals surface area contributed by atoms with Crippen LogP contribution in [0.5, 0.6) is 0 Å². The normalized spacial score (nSPS) is 11.3. The van der Waals surface area contributed by atoms with E-state index >= 15 is 0 Å². The molecule has 0 atom stereocenters. The van der Waals surface area contributed by atoms with Crippen LogP contribution in [0.15, 0.2) is 59.4 Å². The second-order valence-electron chi connectivity index (χ2n) is 6.32. The molecule has 0 N–H and O–H groups in total. The molecule has 142 valence electrons. The van der Waals surface area contributed by atoms with Crippen molar-refractivity contribution < 1.29 is 13.2 Å². The molecule has 28 heavy (non-hydrogen) atoms. The smallest absolute Gasteiger partial charge is 0.303 e. The third kappa shape index (κ3) is 3.95. The lowest BCUT2D eigenvalue weighted by Crippen LogP contribution is -2.28. The molecule has 0 radical (unpaired) electrons. The van der Waals surface area contributed by atoms with Crippen molar-refractivity contribution in [2.75, 3.05) is 0 Å². The Balaban J connectivity index is 2.31. The van der Waals surface area contributed by atoms with Crippen LogP contribution < -0.4 is 5.56 Å². The van der Waals surface area contributed by atoms with Gasteiger partial charge >= 0.3 is 6.18 Å². The summed E-state index contributed by atoms with van der Waals surface area (Å²) in [5, 5.41) is 9.71. The summed E-state index contributed by atoms with van der Waals surface area (Å²) in [6.07, 6.45) is -4.82. The van der Waals surface area contributed by atoms with Crippen LogP contribution in [0.2, 0.25) is 5.02 Å². The van der Waals surface area contributed by atoms with E-state index in [9.17, 15) is 23.2 Å². The molecule has 0 saturated carbocycles. The molecule has 0 fully saturated rings. The Morgan fingerprint density at radius 1 is 1.11 bits per heavy atom. The van der Waals surface area contributed by atoms with Gasteiger partial charge in [0.15, 0.2) is 0 Å². The van der Waals surface area contributed by atoms with Crippen LogP contribution >= 0.6 is 11.6 Å². The fraction of sp³-hybridized carbons (Fsp3) is 0.143. The van der Waals surface area contributed by atoms with Gasteiger partial charge in [0.25, 0.3) is 5.56 Å². The molecule has 0 aliphatic heterocycles. The Bertz CT molecular complexity index is 1130. The summed E-state index contributed by atoms with van der Waals surface area (Å²) in [7, 11) is 0. The van der Waals surface area contributed by atoms with Crippen LogP contribution in [-0.2, 0) is 12.7 Å². The number of rotatable bonds is 3. The molecular formula is C21H14ClF3N2O. The zero-order valence-corrected chi connectivity index (χ0v) is 15.5. The molecule has 0 unspecified atom stereocenters. The highest BCUT2D eigenvalue weighted by Crippen LogP contribution is 2.34. The molecule has 0 saturated heterocycles. The fourth-order valence-corrected chi connectivity index (χ4v) is 3.08. The van der Waals surface area contributed by atoms with E-state index in [1.54, 1.807) is 55.5 Å². The minimum absolute atomic E-state index is 0.00605. The Labute approximate surface area is 164 Å². The Hall–Kier alpha value is -3.04. The lowest BCUT2D eigenvalue weighted by Gasteiger charge is -2.18. The largest absolute Gasteiger partial charge is 0.417 e. The molecule has 1 aromatic heterocycles. The zero-order chi connectivity index (χ0) is 20.5. The first-order valence-corrected chi connectivity index (χ1v) is 8.65. The standard InChI is InChI=1S/C21H14ClF3N2O/c1-13-3-2-4-15(9-13)19-10-18(21(23,24)25)17(11-26)20(28)27(19)12-14-5-7-16(22)8-6-14/h2-10H,12H2,1H3. The molecule has 7 heteroatoms. The summed E-state index contributed by atoms with van der Waals surface area (Å²) >= 11 is 5.87. The van der Waals surface area contributed by atoms with E-state index in [4.69, 9.17) is 11.6 Å². The highest BCUT2D eigenvalue weighted by molar-refractivity contribution is 6.30. The van der Waals surface area contributed by atoms with Crippen molar-refractivity contribution in [1.82, 2.24) is 4.57 Å². The van der Waals surface area contributed by atoms with Crippen LogP contribution in [0.1, 0.15) is 22.3 Å². The quantitative estimate of drug-likeness (QED) is 0.587. The SMILES string of the molecule is Cc1cccc(-c2cc(C(F)(F)F)c(C#N)c(=O)n2Cc2ccc(Cl)cc2)c1. The minimum Gasteiger partial charge on any atom is -0.303 e. The van der Waals surface area contributed by atoms with Crippen LogP contribution in [0.3, 0.4) is 0 Å². The van der Waals surface area contributed by atoms with Crippen LogP contribution in [-0.4, -0.2) is 4.57 Å². The van der Waals surface area contributed by atoms with Gasteiger partial charge in [0.1, 0.15) is 11.6 Å². The molecule has 3 aromatic rings. The average Bonchev–Trinajstić information content (AvgIpc) is 2.63. The average molecular weight is 403 g/mol. The van der Waals surface area contributed by atoms with Gasteiger partial charge in [0.2, 0.25) is 0 Å². The molecule has 1 heterocycles. The van der Waals surface area contributed by atoms with Gasteiger partial charge in [-0.05, 0) is 42.3 Å². The maximum Gasteiger partial charge on any atom is 0.417 e. The van der Waals surface area contributed by atoms with Gasteiger partial charge in [-0.15, -0.1) is 0 Å². The number of halogens is 4. The molecule has 2 aromatic carbocycles. The highest BCUT2D eigenvalue weighted by Gasteiger charge is 2.36. The van der Waals surface area contributed by atoms with Crippen molar-refractivity contribution in [2.45, 2.75) is 19.6 Å². The van der Waals surface area contributed by atoms with Crippen molar-refractivity contribution >= 4 is 11.6 Å².